The van der Waals surface area contributed by atoms with Crippen LogP contribution in [0.4, 0.5) is 5.69 Å². The molecule has 8 heteroatoms. The first-order chi connectivity index (χ1) is 13.0. The highest BCUT2D eigenvalue weighted by Gasteiger charge is 2.14. The van der Waals surface area contributed by atoms with Gasteiger partial charge in [0.25, 0.3) is 11.5 Å². The predicted octanol–water partition coefficient (Wildman–Crippen LogP) is 2.43. The highest BCUT2D eigenvalue weighted by atomic mass is 32.1. The largest absolute Gasteiger partial charge is 0.331 e. The average molecular weight is 381 g/mol. The first-order valence-electron chi connectivity index (χ1n) is 8.44. The van der Waals surface area contributed by atoms with E-state index in [4.69, 9.17) is 12.2 Å². The monoisotopic (exact) mass is 381 g/mol. The van der Waals surface area contributed by atoms with Crippen LogP contribution >= 0.6 is 12.2 Å². The molecule has 3 rings (SSSR count). The number of anilines is 1. The Kier molecular flexibility index (Phi) is 5.46. The zero-order valence-electron chi connectivity index (χ0n) is 14.9. The van der Waals surface area contributed by atoms with Crippen LogP contribution < -0.4 is 21.7 Å². The smallest absolute Gasteiger partial charge is 0.290 e. The molecule has 1 heterocycles. The molecule has 0 spiro atoms. The molecule has 0 radical (unpaired) electrons. The van der Waals surface area contributed by atoms with E-state index in [1.54, 1.807) is 24.3 Å². The summed E-state index contributed by atoms with van der Waals surface area (Å²) in [7, 11) is 0. The molecule has 27 heavy (non-hydrogen) atoms. The Balaban J connectivity index is 1.73. The van der Waals surface area contributed by atoms with Gasteiger partial charge in [-0.05, 0) is 42.8 Å². The number of rotatable bonds is 3. The van der Waals surface area contributed by atoms with Gasteiger partial charge in [-0.25, -0.2) is 5.10 Å². The average Bonchev–Trinajstić information content (AvgIpc) is 2.68. The number of para-hydroxylation sites is 1. The molecule has 138 valence electrons. The van der Waals surface area contributed by atoms with Crippen LogP contribution in [0.3, 0.4) is 0 Å². The lowest BCUT2D eigenvalue weighted by Crippen LogP contribution is -2.44. The molecule has 0 atom stereocenters. The fraction of sp³-hybridized carbons (Fsp3) is 0.158. The van der Waals surface area contributed by atoms with Gasteiger partial charge in [0.05, 0.1) is 5.39 Å². The SMILES string of the molecule is CCc1cccc(C)c1NC(=S)NNC(=O)c1n[nH]c(=O)c2ccccc12. The van der Waals surface area contributed by atoms with Crippen LogP contribution in [-0.2, 0) is 6.42 Å². The summed E-state index contributed by atoms with van der Waals surface area (Å²) in [5, 5.41) is 10.4. The van der Waals surface area contributed by atoms with Gasteiger partial charge in [0.1, 0.15) is 0 Å². The highest BCUT2D eigenvalue weighted by molar-refractivity contribution is 7.80. The summed E-state index contributed by atoms with van der Waals surface area (Å²) < 4.78 is 0. The number of fused-ring (bicyclic) bond motifs is 1. The Hall–Kier alpha value is -3.26. The summed E-state index contributed by atoms with van der Waals surface area (Å²) in [5.41, 5.74) is 8.03. The minimum atomic E-state index is -0.507. The zero-order valence-corrected chi connectivity index (χ0v) is 15.7. The Morgan fingerprint density at radius 2 is 1.85 bits per heavy atom. The van der Waals surface area contributed by atoms with Crippen LogP contribution in [0.25, 0.3) is 10.8 Å². The zero-order chi connectivity index (χ0) is 19.4. The quantitative estimate of drug-likeness (QED) is 0.411. The van der Waals surface area contributed by atoms with E-state index < -0.39 is 5.91 Å². The summed E-state index contributed by atoms with van der Waals surface area (Å²) in [5.74, 6) is -0.507. The second-order valence-corrected chi connectivity index (χ2v) is 6.35. The lowest BCUT2D eigenvalue weighted by Gasteiger charge is -2.16. The molecule has 0 aliphatic carbocycles. The second-order valence-electron chi connectivity index (χ2n) is 5.94. The van der Waals surface area contributed by atoms with Crippen molar-refractivity contribution in [3.63, 3.8) is 0 Å². The molecule has 0 aliphatic heterocycles. The third-order valence-corrected chi connectivity index (χ3v) is 4.38. The van der Waals surface area contributed by atoms with E-state index in [9.17, 15) is 9.59 Å². The van der Waals surface area contributed by atoms with Gasteiger partial charge in [-0.15, -0.1) is 0 Å². The van der Waals surface area contributed by atoms with E-state index >= 15 is 0 Å². The lowest BCUT2D eigenvalue weighted by atomic mass is 10.1. The van der Waals surface area contributed by atoms with Crippen molar-refractivity contribution in [2.24, 2.45) is 0 Å². The number of aryl methyl sites for hydroxylation is 2. The summed E-state index contributed by atoms with van der Waals surface area (Å²) in [4.78, 5) is 24.3. The third kappa shape index (κ3) is 3.95. The number of carbonyl (C=O) groups is 1. The molecule has 0 unspecified atom stereocenters. The number of thiocarbonyl (C=S) groups is 1. The molecule has 3 aromatic rings. The molecule has 0 bridgehead atoms. The number of nitrogens with one attached hydrogen (secondary N) is 4. The van der Waals surface area contributed by atoms with Crippen LogP contribution in [-0.4, -0.2) is 21.2 Å². The van der Waals surface area contributed by atoms with Crippen molar-refractivity contribution in [2.75, 3.05) is 5.32 Å². The maximum atomic E-state index is 12.5. The maximum Gasteiger partial charge on any atom is 0.290 e. The van der Waals surface area contributed by atoms with Gasteiger partial charge in [-0.2, -0.15) is 5.10 Å². The molecule has 4 N–H and O–H groups in total. The molecule has 0 fully saturated rings. The topological polar surface area (TPSA) is 98.9 Å². The normalized spacial score (nSPS) is 10.4. The summed E-state index contributed by atoms with van der Waals surface area (Å²) in [6.07, 6.45) is 0.853. The van der Waals surface area contributed by atoms with E-state index in [1.165, 1.54) is 0 Å². The summed E-state index contributed by atoms with van der Waals surface area (Å²) in [6.45, 7) is 4.05. The molecule has 7 nitrogen and oxygen atoms in total. The Bertz CT molecular complexity index is 1080. The summed E-state index contributed by atoms with van der Waals surface area (Å²) >= 11 is 5.27. The number of hydrogen-bond acceptors (Lipinski definition) is 4. The van der Waals surface area contributed by atoms with E-state index in [-0.39, 0.29) is 16.4 Å². The van der Waals surface area contributed by atoms with Crippen LogP contribution in [0.1, 0.15) is 28.5 Å². The van der Waals surface area contributed by atoms with Gasteiger partial charge in [-0.1, -0.05) is 43.3 Å². The number of hydrazine groups is 1. The van der Waals surface area contributed by atoms with E-state index in [0.29, 0.717) is 10.8 Å². The van der Waals surface area contributed by atoms with Crippen LogP contribution in [0.5, 0.6) is 0 Å². The second kappa shape index (κ2) is 7.96. The lowest BCUT2D eigenvalue weighted by molar-refractivity contribution is 0.0940. The van der Waals surface area contributed by atoms with Crippen molar-refractivity contribution in [3.8, 4) is 0 Å². The van der Waals surface area contributed by atoms with Gasteiger partial charge in [0.2, 0.25) is 0 Å². The molecule has 0 saturated heterocycles. The number of amides is 1. The number of nitrogens with zero attached hydrogens (tertiary/aromatic N) is 1. The van der Waals surface area contributed by atoms with Crippen molar-refractivity contribution >= 4 is 39.7 Å². The number of aromatic nitrogens is 2. The number of aromatic amines is 1. The minimum absolute atomic E-state index is 0.102. The fourth-order valence-electron chi connectivity index (χ4n) is 2.81. The van der Waals surface area contributed by atoms with Crippen LogP contribution in [0.15, 0.2) is 47.3 Å². The number of hydrogen-bond donors (Lipinski definition) is 4. The fourth-order valence-corrected chi connectivity index (χ4v) is 2.96. The number of benzene rings is 2. The van der Waals surface area contributed by atoms with Gasteiger partial charge in [0, 0.05) is 11.1 Å². The van der Waals surface area contributed by atoms with Gasteiger partial charge >= 0.3 is 0 Å². The van der Waals surface area contributed by atoms with Gasteiger partial charge < -0.3 is 5.32 Å². The Morgan fingerprint density at radius 3 is 2.59 bits per heavy atom. The van der Waals surface area contributed by atoms with Crippen molar-refractivity contribution in [1.82, 2.24) is 21.0 Å². The van der Waals surface area contributed by atoms with E-state index in [1.807, 2.05) is 25.1 Å². The van der Waals surface area contributed by atoms with Crippen molar-refractivity contribution in [3.05, 3.63) is 69.6 Å². The molecule has 2 aromatic carbocycles. The Morgan fingerprint density at radius 1 is 1.11 bits per heavy atom. The third-order valence-electron chi connectivity index (χ3n) is 4.18. The Labute approximate surface area is 161 Å². The van der Waals surface area contributed by atoms with Crippen molar-refractivity contribution in [2.45, 2.75) is 20.3 Å². The standard InChI is InChI=1S/C19H19N5O2S/c1-3-12-8-6-7-11(2)15(12)20-19(27)24-23-18(26)16-13-9-4-5-10-14(13)17(25)22-21-16/h4-10H,3H2,1-2H3,(H,22,25)(H,23,26)(H2,20,24,27). The first kappa shape index (κ1) is 18.5. The van der Waals surface area contributed by atoms with Crippen LogP contribution in [0, 0.1) is 6.92 Å². The van der Waals surface area contributed by atoms with Gasteiger partial charge in [0.15, 0.2) is 10.8 Å². The minimum Gasteiger partial charge on any atom is -0.331 e. The van der Waals surface area contributed by atoms with Crippen molar-refractivity contribution < 1.29 is 4.79 Å². The maximum absolute atomic E-state index is 12.5. The highest BCUT2D eigenvalue weighted by Crippen LogP contribution is 2.20. The number of H-pyrrole nitrogens is 1. The molecular formula is C19H19N5O2S. The number of carbonyl (C=O) groups excluding carboxylic acids is 1. The molecular weight excluding hydrogens is 362 g/mol. The van der Waals surface area contributed by atoms with E-state index in [0.717, 1.165) is 23.2 Å². The molecule has 1 aromatic heterocycles. The molecule has 0 saturated carbocycles. The molecule has 1 amide bonds. The molecule has 0 aliphatic rings. The first-order valence-corrected chi connectivity index (χ1v) is 8.85. The summed E-state index contributed by atoms with van der Waals surface area (Å²) in [6, 6.07) is 12.8. The van der Waals surface area contributed by atoms with Gasteiger partial charge in [-0.3, -0.25) is 20.4 Å². The van der Waals surface area contributed by atoms with Crippen LogP contribution in [0.2, 0.25) is 0 Å². The van der Waals surface area contributed by atoms with E-state index in [2.05, 4.69) is 33.3 Å². The van der Waals surface area contributed by atoms with Crippen molar-refractivity contribution in [1.29, 1.82) is 0 Å². The predicted molar refractivity (Wildman–Crippen MR) is 110 cm³/mol.